The van der Waals surface area contributed by atoms with Gasteiger partial charge in [-0.3, -0.25) is 4.57 Å². The van der Waals surface area contributed by atoms with E-state index in [9.17, 15) is 4.57 Å². The number of hydrogen-bond acceptors (Lipinski definition) is 2. The van der Waals surface area contributed by atoms with Crippen LogP contribution in [0.1, 0.15) is 11.1 Å². The van der Waals surface area contributed by atoms with E-state index in [-0.39, 0.29) is 0 Å². The molecule has 0 aliphatic rings. The van der Waals surface area contributed by atoms with Crippen LogP contribution in [0.3, 0.4) is 0 Å². The van der Waals surface area contributed by atoms with E-state index in [0.29, 0.717) is 16.4 Å². The molecule has 0 unspecified atom stereocenters. The fourth-order valence-electron chi connectivity index (χ4n) is 2.46. The summed E-state index contributed by atoms with van der Waals surface area (Å²) in [6, 6.07) is 24.6. The first-order valence-electron chi connectivity index (χ1n) is 7.58. The zero-order chi connectivity index (χ0) is 16.3. The standard InChI is InChI=1S/C20H19O2P/c1-16-10-9-15-20(17(16)2)22-23(21,18-11-5-3-6-12-18)19-13-7-4-8-14-19/h3-15H,1-2H3. The first-order chi connectivity index (χ1) is 11.1. The van der Waals surface area contributed by atoms with Gasteiger partial charge in [-0.25, -0.2) is 0 Å². The van der Waals surface area contributed by atoms with Gasteiger partial charge in [0.05, 0.1) is 10.6 Å². The number of rotatable bonds is 4. The van der Waals surface area contributed by atoms with Crippen molar-refractivity contribution in [1.29, 1.82) is 0 Å². The van der Waals surface area contributed by atoms with Crippen LogP contribution in [-0.2, 0) is 4.57 Å². The van der Waals surface area contributed by atoms with Crippen LogP contribution in [0.2, 0.25) is 0 Å². The minimum Gasteiger partial charge on any atom is -0.437 e. The van der Waals surface area contributed by atoms with Crippen molar-refractivity contribution in [3.63, 3.8) is 0 Å². The molecule has 3 aromatic carbocycles. The molecule has 0 aliphatic carbocycles. The van der Waals surface area contributed by atoms with Gasteiger partial charge in [0.25, 0.3) is 0 Å². The Kier molecular flexibility index (Phi) is 4.36. The topological polar surface area (TPSA) is 26.3 Å². The van der Waals surface area contributed by atoms with Gasteiger partial charge >= 0.3 is 7.37 Å². The average molecular weight is 322 g/mol. The summed E-state index contributed by atoms with van der Waals surface area (Å²) < 4.78 is 20.0. The summed E-state index contributed by atoms with van der Waals surface area (Å²) in [5.74, 6) is 0.668. The number of benzene rings is 3. The monoisotopic (exact) mass is 322 g/mol. The Labute approximate surface area is 137 Å². The molecule has 0 fully saturated rings. The van der Waals surface area contributed by atoms with Gasteiger partial charge in [0.1, 0.15) is 5.75 Å². The van der Waals surface area contributed by atoms with Gasteiger partial charge in [-0.1, -0.05) is 48.5 Å². The van der Waals surface area contributed by atoms with Crippen molar-refractivity contribution >= 4 is 18.0 Å². The molecule has 3 aromatic rings. The van der Waals surface area contributed by atoms with E-state index in [4.69, 9.17) is 4.52 Å². The Morgan fingerprint density at radius 2 is 1.22 bits per heavy atom. The molecule has 23 heavy (non-hydrogen) atoms. The summed E-state index contributed by atoms with van der Waals surface area (Å²) in [7, 11) is -3.19. The predicted octanol–water partition coefficient (Wildman–Crippen LogP) is 4.61. The Balaban J connectivity index is 2.14. The van der Waals surface area contributed by atoms with Gasteiger partial charge in [-0.05, 0) is 55.3 Å². The molecule has 0 spiro atoms. The predicted molar refractivity (Wildman–Crippen MR) is 96.3 cm³/mol. The molecular formula is C20H19O2P. The van der Waals surface area contributed by atoms with Gasteiger partial charge < -0.3 is 4.52 Å². The lowest BCUT2D eigenvalue weighted by atomic mass is 10.1. The van der Waals surface area contributed by atoms with Gasteiger partial charge in [-0.15, -0.1) is 0 Å². The third-order valence-corrected chi connectivity index (χ3v) is 6.38. The highest BCUT2D eigenvalue weighted by molar-refractivity contribution is 7.74. The van der Waals surface area contributed by atoms with Crippen molar-refractivity contribution in [1.82, 2.24) is 0 Å². The van der Waals surface area contributed by atoms with Crippen molar-refractivity contribution in [2.45, 2.75) is 13.8 Å². The molecule has 0 bridgehead atoms. The van der Waals surface area contributed by atoms with Crippen LogP contribution >= 0.6 is 7.37 Å². The van der Waals surface area contributed by atoms with Crippen LogP contribution in [-0.4, -0.2) is 0 Å². The average Bonchev–Trinajstić information content (AvgIpc) is 2.60. The molecule has 0 amide bonds. The normalized spacial score (nSPS) is 11.2. The lowest BCUT2D eigenvalue weighted by molar-refractivity contribution is 0.500. The minimum absolute atomic E-state index is 0.668. The highest BCUT2D eigenvalue weighted by atomic mass is 31.2. The maximum absolute atomic E-state index is 13.8. The molecule has 0 N–H and O–H groups in total. The summed E-state index contributed by atoms with van der Waals surface area (Å²) in [5.41, 5.74) is 2.13. The summed E-state index contributed by atoms with van der Waals surface area (Å²) in [5, 5.41) is 1.40. The Bertz CT molecular complexity index is 799. The van der Waals surface area contributed by atoms with Crippen LogP contribution in [0.25, 0.3) is 0 Å². The minimum atomic E-state index is -3.19. The van der Waals surface area contributed by atoms with Crippen molar-refractivity contribution in [3.8, 4) is 5.75 Å². The molecule has 0 saturated heterocycles. The van der Waals surface area contributed by atoms with Crippen LogP contribution in [0.15, 0.2) is 78.9 Å². The molecule has 0 atom stereocenters. The van der Waals surface area contributed by atoms with E-state index in [1.807, 2.05) is 92.7 Å². The number of hydrogen-bond donors (Lipinski definition) is 0. The third kappa shape index (κ3) is 3.09. The molecule has 2 nitrogen and oxygen atoms in total. The zero-order valence-corrected chi connectivity index (χ0v) is 14.2. The second kappa shape index (κ2) is 6.44. The van der Waals surface area contributed by atoms with Crippen LogP contribution in [0.4, 0.5) is 0 Å². The van der Waals surface area contributed by atoms with Crippen molar-refractivity contribution in [2.24, 2.45) is 0 Å². The molecule has 3 rings (SSSR count). The first kappa shape index (κ1) is 15.6. The number of aryl methyl sites for hydroxylation is 1. The van der Waals surface area contributed by atoms with Gasteiger partial charge in [0, 0.05) is 0 Å². The van der Waals surface area contributed by atoms with Crippen molar-refractivity contribution < 1.29 is 9.09 Å². The van der Waals surface area contributed by atoms with Crippen LogP contribution in [0.5, 0.6) is 5.75 Å². The second-order valence-corrected chi connectivity index (χ2v) is 7.83. The van der Waals surface area contributed by atoms with E-state index in [2.05, 4.69) is 0 Å². The van der Waals surface area contributed by atoms with Gasteiger partial charge in [0.15, 0.2) is 0 Å². The molecular weight excluding hydrogens is 303 g/mol. The molecule has 3 heteroatoms. The Morgan fingerprint density at radius 1 is 0.696 bits per heavy atom. The van der Waals surface area contributed by atoms with E-state index in [1.165, 1.54) is 0 Å². The molecule has 0 radical (unpaired) electrons. The lowest BCUT2D eigenvalue weighted by Crippen LogP contribution is -2.20. The van der Waals surface area contributed by atoms with Crippen molar-refractivity contribution in [3.05, 3.63) is 90.0 Å². The van der Waals surface area contributed by atoms with Crippen LogP contribution < -0.4 is 15.1 Å². The van der Waals surface area contributed by atoms with Gasteiger partial charge in [0.2, 0.25) is 0 Å². The fraction of sp³-hybridized carbons (Fsp3) is 0.100. The quantitative estimate of drug-likeness (QED) is 0.656. The third-order valence-electron chi connectivity index (χ3n) is 3.97. The largest absolute Gasteiger partial charge is 0.437 e. The van der Waals surface area contributed by atoms with E-state index < -0.39 is 7.37 Å². The second-order valence-electron chi connectivity index (χ2n) is 5.51. The fourth-order valence-corrected chi connectivity index (χ4v) is 4.58. The zero-order valence-electron chi connectivity index (χ0n) is 13.3. The molecule has 0 aromatic heterocycles. The first-order valence-corrected chi connectivity index (χ1v) is 9.21. The summed E-state index contributed by atoms with van der Waals surface area (Å²) in [6.07, 6.45) is 0. The lowest BCUT2D eigenvalue weighted by Gasteiger charge is -2.22. The van der Waals surface area contributed by atoms with E-state index in [1.54, 1.807) is 0 Å². The summed E-state index contributed by atoms with van der Waals surface area (Å²) >= 11 is 0. The molecule has 0 saturated carbocycles. The Morgan fingerprint density at radius 3 is 1.74 bits per heavy atom. The van der Waals surface area contributed by atoms with Crippen LogP contribution in [0, 0.1) is 13.8 Å². The molecule has 0 aliphatic heterocycles. The van der Waals surface area contributed by atoms with E-state index in [0.717, 1.165) is 11.1 Å². The molecule has 0 heterocycles. The van der Waals surface area contributed by atoms with E-state index >= 15 is 0 Å². The maximum Gasteiger partial charge on any atom is 0.306 e. The maximum atomic E-state index is 13.8. The van der Waals surface area contributed by atoms with Gasteiger partial charge in [-0.2, -0.15) is 0 Å². The highest BCUT2D eigenvalue weighted by Gasteiger charge is 2.30. The van der Waals surface area contributed by atoms with Crippen molar-refractivity contribution in [2.75, 3.05) is 0 Å². The smallest absolute Gasteiger partial charge is 0.306 e. The summed E-state index contributed by atoms with van der Waals surface area (Å²) in [4.78, 5) is 0. The SMILES string of the molecule is Cc1cccc(OP(=O)(c2ccccc2)c2ccccc2)c1C. The summed E-state index contributed by atoms with van der Waals surface area (Å²) in [6.45, 7) is 4.02. The highest BCUT2D eigenvalue weighted by Crippen LogP contribution is 2.46. The Hall–Kier alpha value is -2.31. The molecule has 116 valence electrons.